The molecule has 4 heteroatoms. The molecule has 0 radical (unpaired) electrons. The molecule has 0 atom stereocenters. The lowest BCUT2D eigenvalue weighted by molar-refractivity contribution is 0.816. The Labute approximate surface area is 110 Å². The van der Waals surface area contributed by atoms with Crippen LogP contribution in [0.25, 0.3) is 16.6 Å². The van der Waals surface area contributed by atoms with Gasteiger partial charge in [-0.3, -0.25) is 9.36 Å². The van der Waals surface area contributed by atoms with E-state index in [1.165, 1.54) is 0 Å². The van der Waals surface area contributed by atoms with Crippen molar-refractivity contribution in [1.82, 2.24) is 9.55 Å². The standard InChI is InChI=1S/C15H13N3O/c16-10-14-17-13-9-5-4-8-12(13)15(19)18(14)11-6-2-1-3-7-11/h1-9H,10,16H2. The van der Waals surface area contributed by atoms with Crippen LogP contribution < -0.4 is 11.3 Å². The summed E-state index contributed by atoms with van der Waals surface area (Å²) in [7, 11) is 0. The molecule has 0 unspecified atom stereocenters. The number of nitrogens with zero attached hydrogens (tertiary/aromatic N) is 2. The predicted octanol–water partition coefficient (Wildman–Crippen LogP) is 1.84. The Kier molecular flexibility index (Phi) is 2.85. The maximum Gasteiger partial charge on any atom is 0.266 e. The van der Waals surface area contributed by atoms with E-state index < -0.39 is 0 Å². The Bertz CT molecular complexity index is 778. The average molecular weight is 251 g/mol. The summed E-state index contributed by atoms with van der Waals surface area (Å²) in [5.41, 5.74) is 7.10. The van der Waals surface area contributed by atoms with E-state index >= 15 is 0 Å². The van der Waals surface area contributed by atoms with E-state index in [4.69, 9.17) is 5.73 Å². The first-order valence-corrected chi connectivity index (χ1v) is 6.07. The minimum absolute atomic E-state index is 0.0859. The van der Waals surface area contributed by atoms with Gasteiger partial charge in [0.05, 0.1) is 23.1 Å². The monoisotopic (exact) mass is 251 g/mol. The zero-order chi connectivity index (χ0) is 13.2. The molecular formula is C15H13N3O. The summed E-state index contributed by atoms with van der Waals surface area (Å²) in [6.45, 7) is 0.217. The molecule has 0 aliphatic carbocycles. The van der Waals surface area contributed by atoms with E-state index in [2.05, 4.69) is 4.98 Å². The van der Waals surface area contributed by atoms with E-state index in [9.17, 15) is 4.79 Å². The number of para-hydroxylation sites is 2. The lowest BCUT2D eigenvalue weighted by Gasteiger charge is -2.12. The topological polar surface area (TPSA) is 60.9 Å². The molecule has 3 rings (SSSR count). The van der Waals surface area contributed by atoms with Crippen molar-refractivity contribution in [2.24, 2.45) is 5.73 Å². The van der Waals surface area contributed by atoms with Gasteiger partial charge in [0.15, 0.2) is 0 Å². The smallest absolute Gasteiger partial charge is 0.266 e. The first-order valence-electron chi connectivity index (χ1n) is 6.07. The molecule has 1 aromatic heterocycles. The van der Waals surface area contributed by atoms with E-state index in [1.54, 1.807) is 10.6 Å². The highest BCUT2D eigenvalue weighted by Gasteiger charge is 2.10. The summed E-state index contributed by atoms with van der Waals surface area (Å²) in [6, 6.07) is 16.7. The quantitative estimate of drug-likeness (QED) is 0.756. The maximum absolute atomic E-state index is 12.6. The van der Waals surface area contributed by atoms with E-state index in [0.717, 1.165) is 5.69 Å². The lowest BCUT2D eigenvalue weighted by atomic mass is 10.2. The van der Waals surface area contributed by atoms with Crippen LogP contribution >= 0.6 is 0 Å². The third-order valence-electron chi connectivity index (χ3n) is 3.04. The fraction of sp³-hybridized carbons (Fsp3) is 0.0667. The number of benzene rings is 2. The van der Waals surface area contributed by atoms with Crippen molar-refractivity contribution in [1.29, 1.82) is 0 Å². The maximum atomic E-state index is 12.6. The number of fused-ring (bicyclic) bond motifs is 1. The van der Waals surface area contributed by atoms with Gasteiger partial charge in [-0.05, 0) is 24.3 Å². The Morgan fingerprint density at radius 1 is 1.00 bits per heavy atom. The minimum atomic E-state index is -0.0859. The number of hydrogen-bond donors (Lipinski definition) is 1. The van der Waals surface area contributed by atoms with Crippen molar-refractivity contribution in [2.45, 2.75) is 6.54 Å². The lowest BCUT2D eigenvalue weighted by Crippen LogP contribution is -2.25. The summed E-state index contributed by atoms with van der Waals surface area (Å²) in [6.07, 6.45) is 0. The fourth-order valence-corrected chi connectivity index (χ4v) is 2.16. The molecule has 19 heavy (non-hydrogen) atoms. The van der Waals surface area contributed by atoms with Crippen molar-refractivity contribution in [2.75, 3.05) is 0 Å². The fourth-order valence-electron chi connectivity index (χ4n) is 2.16. The van der Waals surface area contributed by atoms with E-state index in [1.807, 2.05) is 48.5 Å². The zero-order valence-corrected chi connectivity index (χ0v) is 10.3. The van der Waals surface area contributed by atoms with Crippen molar-refractivity contribution in [3.05, 3.63) is 70.8 Å². The van der Waals surface area contributed by atoms with Gasteiger partial charge >= 0.3 is 0 Å². The van der Waals surface area contributed by atoms with Crippen LogP contribution in [0.3, 0.4) is 0 Å². The van der Waals surface area contributed by atoms with Crippen LogP contribution in [0.1, 0.15) is 5.82 Å². The van der Waals surface area contributed by atoms with Gasteiger partial charge in [-0.15, -0.1) is 0 Å². The van der Waals surface area contributed by atoms with Crippen molar-refractivity contribution < 1.29 is 0 Å². The average Bonchev–Trinajstić information content (AvgIpc) is 2.48. The molecule has 0 spiro atoms. The van der Waals surface area contributed by atoms with Gasteiger partial charge < -0.3 is 5.73 Å². The number of rotatable bonds is 2. The Morgan fingerprint density at radius 3 is 2.42 bits per heavy atom. The molecular weight excluding hydrogens is 238 g/mol. The largest absolute Gasteiger partial charge is 0.324 e. The molecule has 0 amide bonds. The molecule has 3 aromatic rings. The van der Waals surface area contributed by atoms with Crippen LogP contribution in [-0.4, -0.2) is 9.55 Å². The Hall–Kier alpha value is -2.46. The highest BCUT2D eigenvalue weighted by molar-refractivity contribution is 5.77. The second-order valence-corrected chi connectivity index (χ2v) is 4.23. The molecule has 0 aliphatic rings. The molecule has 0 saturated heterocycles. The van der Waals surface area contributed by atoms with Crippen LogP contribution in [-0.2, 0) is 6.54 Å². The van der Waals surface area contributed by atoms with Crippen molar-refractivity contribution in [3.63, 3.8) is 0 Å². The summed E-state index contributed by atoms with van der Waals surface area (Å²) >= 11 is 0. The van der Waals surface area contributed by atoms with Crippen molar-refractivity contribution >= 4 is 10.9 Å². The second kappa shape index (κ2) is 4.66. The number of aromatic nitrogens is 2. The molecule has 2 N–H and O–H groups in total. The Morgan fingerprint density at radius 2 is 1.68 bits per heavy atom. The molecule has 0 fully saturated rings. The highest BCUT2D eigenvalue weighted by Crippen LogP contribution is 2.12. The van der Waals surface area contributed by atoms with Gasteiger partial charge in [0.25, 0.3) is 5.56 Å². The third-order valence-corrected chi connectivity index (χ3v) is 3.04. The van der Waals surface area contributed by atoms with E-state index in [0.29, 0.717) is 16.7 Å². The molecule has 1 heterocycles. The molecule has 2 aromatic carbocycles. The first kappa shape index (κ1) is 11.6. The van der Waals surface area contributed by atoms with Crippen LogP contribution in [0.2, 0.25) is 0 Å². The Balaban J connectivity index is 2.41. The third kappa shape index (κ3) is 1.92. The van der Waals surface area contributed by atoms with Gasteiger partial charge in [0.1, 0.15) is 5.82 Å². The molecule has 94 valence electrons. The second-order valence-electron chi connectivity index (χ2n) is 4.23. The minimum Gasteiger partial charge on any atom is -0.324 e. The van der Waals surface area contributed by atoms with Gasteiger partial charge in [-0.25, -0.2) is 4.98 Å². The SMILES string of the molecule is NCc1nc2ccccc2c(=O)n1-c1ccccc1. The van der Waals surface area contributed by atoms with E-state index in [-0.39, 0.29) is 12.1 Å². The molecule has 0 aliphatic heterocycles. The van der Waals surface area contributed by atoms with Crippen LogP contribution in [0.15, 0.2) is 59.4 Å². The number of hydrogen-bond acceptors (Lipinski definition) is 3. The summed E-state index contributed by atoms with van der Waals surface area (Å²) in [5, 5.41) is 0.601. The summed E-state index contributed by atoms with van der Waals surface area (Å²) in [4.78, 5) is 17.0. The molecule has 0 saturated carbocycles. The van der Waals surface area contributed by atoms with Gasteiger partial charge in [-0.2, -0.15) is 0 Å². The zero-order valence-electron chi connectivity index (χ0n) is 10.3. The van der Waals surface area contributed by atoms with Gasteiger partial charge in [-0.1, -0.05) is 30.3 Å². The van der Waals surface area contributed by atoms with Crippen molar-refractivity contribution in [3.8, 4) is 5.69 Å². The predicted molar refractivity (Wildman–Crippen MR) is 75.2 cm³/mol. The summed E-state index contributed by atoms with van der Waals surface area (Å²) < 4.78 is 1.57. The van der Waals surface area contributed by atoms with Crippen LogP contribution in [0, 0.1) is 0 Å². The van der Waals surface area contributed by atoms with Crippen LogP contribution in [0.5, 0.6) is 0 Å². The van der Waals surface area contributed by atoms with Crippen LogP contribution in [0.4, 0.5) is 0 Å². The highest BCUT2D eigenvalue weighted by atomic mass is 16.1. The molecule has 4 nitrogen and oxygen atoms in total. The van der Waals surface area contributed by atoms with Gasteiger partial charge in [0, 0.05) is 0 Å². The molecule has 0 bridgehead atoms. The summed E-state index contributed by atoms with van der Waals surface area (Å²) in [5.74, 6) is 0.565. The first-order chi connectivity index (χ1) is 9.31. The normalized spacial score (nSPS) is 10.8. The van der Waals surface area contributed by atoms with Gasteiger partial charge in [0.2, 0.25) is 0 Å². The number of nitrogens with two attached hydrogens (primary N) is 1.